The fourth-order valence-corrected chi connectivity index (χ4v) is 2.10. The number of carbonyl (C=O) groups excluding carboxylic acids is 1. The van der Waals surface area contributed by atoms with Crippen molar-refractivity contribution in [1.82, 2.24) is 0 Å². The van der Waals surface area contributed by atoms with Gasteiger partial charge in [0.25, 0.3) is 0 Å². The minimum absolute atomic E-state index is 0.307. The van der Waals surface area contributed by atoms with Crippen molar-refractivity contribution in [3.8, 4) is 0 Å². The van der Waals surface area contributed by atoms with Crippen LogP contribution in [0.4, 0.5) is 0 Å². The highest BCUT2D eigenvalue weighted by Gasteiger charge is 2.29. The molecule has 0 aliphatic carbocycles. The molecule has 0 N–H and O–H groups in total. The molecule has 0 atom stereocenters. The SMILES string of the molecule is C=CC(=O)OCC[N+]1(CC)CCCC1. The van der Waals surface area contributed by atoms with E-state index in [2.05, 4.69) is 13.5 Å². The first kappa shape index (κ1) is 11.2. The Morgan fingerprint density at radius 1 is 1.50 bits per heavy atom. The first-order valence-electron chi connectivity index (χ1n) is 5.37. The van der Waals surface area contributed by atoms with Crippen molar-refractivity contribution in [3.63, 3.8) is 0 Å². The number of likely N-dealkylation sites (tertiary alicyclic amines) is 1. The van der Waals surface area contributed by atoms with Gasteiger partial charge in [-0.3, -0.25) is 0 Å². The van der Waals surface area contributed by atoms with Crippen LogP contribution in [0, 0.1) is 0 Å². The molecular weight excluding hydrogens is 178 g/mol. The molecule has 3 nitrogen and oxygen atoms in total. The molecule has 80 valence electrons. The van der Waals surface area contributed by atoms with Crippen LogP contribution in [0.15, 0.2) is 12.7 Å². The molecule has 1 aliphatic rings. The van der Waals surface area contributed by atoms with Gasteiger partial charge in [-0.15, -0.1) is 0 Å². The molecule has 0 spiro atoms. The predicted molar refractivity (Wildman–Crippen MR) is 55.8 cm³/mol. The summed E-state index contributed by atoms with van der Waals surface area (Å²) in [4.78, 5) is 10.8. The topological polar surface area (TPSA) is 26.3 Å². The highest BCUT2D eigenvalue weighted by molar-refractivity contribution is 5.81. The number of quaternary nitrogens is 1. The number of hydrogen-bond donors (Lipinski definition) is 0. The first-order chi connectivity index (χ1) is 6.72. The second-order valence-electron chi connectivity index (χ2n) is 3.91. The Morgan fingerprint density at radius 3 is 2.64 bits per heavy atom. The normalized spacial score (nSPS) is 19.2. The Balaban J connectivity index is 2.27. The maximum absolute atomic E-state index is 10.8. The van der Waals surface area contributed by atoms with E-state index in [9.17, 15) is 4.79 Å². The van der Waals surface area contributed by atoms with Crippen molar-refractivity contribution in [1.29, 1.82) is 0 Å². The number of carbonyl (C=O) groups is 1. The highest BCUT2D eigenvalue weighted by Crippen LogP contribution is 2.18. The van der Waals surface area contributed by atoms with Crippen LogP contribution >= 0.6 is 0 Å². The van der Waals surface area contributed by atoms with E-state index in [0.29, 0.717) is 6.61 Å². The number of esters is 1. The van der Waals surface area contributed by atoms with Gasteiger partial charge in [0.15, 0.2) is 0 Å². The van der Waals surface area contributed by atoms with Gasteiger partial charge in [-0.2, -0.15) is 0 Å². The summed E-state index contributed by atoms with van der Waals surface area (Å²) in [6.45, 7) is 10.7. The van der Waals surface area contributed by atoms with Gasteiger partial charge in [0.2, 0.25) is 0 Å². The van der Waals surface area contributed by atoms with E-state index in [1.807, 2.05) is 0 Å². The monoisotopic (exact) mass is 198 g/mol. The number of hydrogen-bond acceptors (Lipinski definition) is 2. The molecule has 1 aliphatic heterocycles. The molecule has 0 unspecified atom stereocenters. The van der Waals surface area contributed by atoms with Crippen molar-refractivity contribution in [2.75, 3.05) is 32.8 Å². The van der Waals surface area contributed by atoms with E-state index in [4.69, 9.17) is 4.74 Å². The Bertz CT molecular complexity index is 207. The van der Waals surface area contributed by atoms with Gasteiger partial charge in [0.1, 0.15) is 13.2 Å². The van der Waals surface area contributed by atoms with Gasteiger partial charge in [0, 0.05) is 18.9 Å². The van der Waals surface area contributed by atoms with E-state index in [1.54, 1.807) is 0 Å². The number of nitrogens with zero attached hydrogens (tertiary/aromatic N) is 1. The Labute approximate surface area is 85.9 Å². The summed E-state index contributed by atoms with van der Waals surface area (Å²) in [5, 5.41) is 0. The molecule has 14 heavy (non-hydrogen) atoms. The quantitative estimate of drug-likeness (QED) is 0.378. The minimum atomic E-state index is -0.307. The zero-order valence-electron chi connectivity index (χ0n) is 9.00. The van der Waals surface area contributed by atoms with Crippen molar-refractivity contribution in [3.05, 3.63) is 12.7 Å². The smallest absolute Gasteiger partial charge is 0.330 e. The molecule has 0 saturated carbocycles. The van der Waals surface area contributed by atoms with Crippen LogP contribution in [0.2, 0.25) is 0 Å². The van der Waals surface area contributed by atoms with Crippen molar-refractivity contribution < 1.29 is 14.0 Å². The van der Waals surface area contributed by atoms with E-state index in [-0.39, 0.29) is 5.97 Å². The molecule has 0 bridgehead atoms. The molecule has 0 aromatic carbocycles. The van der Waals surface area contributed by atoms with Gasteiger partial charge < -0.3 is 9.22 Å². The summed E-state index contributed by atoms with van der Waals surface area (Å²) >= 11 is 0. The molecule has 1 rings (SSSR count). The summed E-state index contributed by atoms with van der Waals surface area (Å²) in [5.74, 6) is -0.307. The molecule has 1 heterocycles. The predicted octanol–water partition coefficient (Wildman–Crippen LogP) is 1.35. The van der Waals surface area contributed by atoms with E-state index >= 15 is 0 Å². The standard InChI is InChI=1S/C11H20NO2/c1-3-11(13)14-10-9-12(4-2)7-5-6-8-12/h3H,1,4-10H2,2H3/q+1. The van der Waals surface area contributed by atoms with Gasteiger partial charge in [0.05, 0.1) is 19.6 Å². The summed E-state index contributed by atoms with van der Waals surface area (Å²) < 4.78 is 6.12. The van der Waals surface area contributed by atoms with Crippen LogP contribution in [0.1, 0.15) is 19.8 Å². The van der Waals surface area contributed by atoms with Crippen LogP contribution in [0.5, 0.6) is 0 Å². The largest absolute Gasteiger partial charge is 0.457 e. The van der Waals surface area contributed by atoms with E-state index in [0.717, 1.165) is 17.6 Å². The van der Waals surface area contributed by atoms with Crippen molar-refractivity contribution in [2.24, 2.45) is 0 Å². The summed E-state index contributed by atoms with van der Waals surface area (Å²) in [6, 6.07) is 0. The third kappa shape index (κ3) is 2.84. The lowest BCUT2D eigenvalue weighted by Gasteiger charge is -2.32. The molecule has 0 aromatic heterocycles. The summed E-state index contributed by atoms with van der Waals surface area (Å²) in [6.07, 6.45) is 3.84. The number of likely N-dealkylation sites (N-methyl/N-ethyl adjacent to an activating group) is 1. The van der Waals surface area contributed by atoms with Gasteiger partial charge >= 0.3 is 5.97 Å². The number of rotatable bonds is 5. The Morgan fingerprint density at radius 2 is 2.14 bits per heavy atom. The van der Waals surface area contributed by atoms with Crippen LogP contribution in [0.3, 0.4) is 0 Å². The minimum Gasteiger partial charge on any atom is -0.457 e. The molecule has 1 fully saturated rings. The lowest BCUT2D eigenvalue weighted by atomic mass is 10.4. The summed E-state index contributed by atoms with van der Waals surface area (Å²) in [5.41, 5.74) is 0. The van der Waals surface area contributed by atoms with Crippen LogP contribution in [-0.2, 0) is 9.53 Å². The zero-order valence-corrected chi connectivity index (χ0v) is 9.00. The molecule has 0 amide bonds. The lowest BCUT2D eigenvalue weighted by molar-refractivity contribution is -0.915. The molecule has 1 saturated heterocycles. The Kier molecular flexibility index (Phi) is 4.14. The zero-order chi connectivity index (χ0) is 10.4. The van der Waals surface area contributed by atoms with Crippen LogP contribution < -0.4 is 0 Å². The molecule has 0 aromatic rings. The third-order valence-corrected chi connectivity index (χ3v) is 3.16. The second-order valence-corrected chi connectivity index (χ2v) is 3.91. The average Bonchev–Trinajstić information content (AvgIpc) is 2.67. The van der Waals surface area contributed by atoms with Crippen LogP contribution in [-0.4, -0.2) is 43.2 Å². The fraction of sp³-hybridized carbons (Fsp3) is 0.727. The lowest BCUT2D eigenvalue weighted by Crippen LogP contribution is -2.47. The molecular formula is C11H20NO2+. The highest BCUT2D eigenvalue weighted by atomic mass is 16.5. The molecule has 3 heteroatoms. The maximum Gasteiger partial charge on any atom is 0.330 e. The second kappa shape index (κ2) is 5.15. The van der Waals surface area contributed by atoms with Gasteiger partial charge in [-0.25, -0.2) is 4.79 Å². The number of ether oxygens (including phenoxy) is 1. The Hall–Kier alpha value is -0.830. The first-order valence-corrected chi connectivity index (χ1v) is 5.37. The maximum atomic E-state index is 10.8. The van der Waals surface area contributed by atoms with Crippen LogP contribution in [0.25, 0.3) is 0 Å². The van der Waals surface area contributed by atoms with Gasteiger partial charge in [-0.05, 0) is 6.92 Å². The van der Waals surface area contributed by atoms with Crippen molar-refractivity contribution in [2.45, 2.75) is 19.8 Å². The summed E-state index contributed by atoms with van der Waals surface area (Å²) in [7, 11) is 0. The average molecular weight is 198 g/mol. The fourth-order valence-electron chi connectivity index (χ4n) is 2.10. The molecule has 0 radical (unpaired) electrons. The van der Waals surface area contributed by atoms with E-state index in [1.165, 1.54) is 32.0 Å². The van der Waals surface area contributed by atoms with Crippen molar-refractivity contribution >= 4 is 5.97 Å². The van der Waals surface area contributed by atoms with E-state index < -0.39 is 0 Å². The third-order valence-electron chi connectivity index (χ3n) is 3.16. The van der Waals surface area contributed by atoms with Gasteiger partial charge in [-0.1, -0.05) is 6.58 Å².